The maximum atomic E-state index is 12.8. The lowest BCUT2D eigenvalue weighted by atomic mass is 9.95. The molecule has 0 saturated carbocycles. The summed E-state index contributed by atoms with van der Waals surface area (Å²) < 4.78 is 80.4. The van der Waals surface area contributed by atoms with Crippen LogP contribution < -0.4 is 5.73 Å². The van der Waals surface area contributed by atoms with Crippen LogP contribution in [0.5, 0.6) is 0 Å². The first kappa shape index (κ1) is 17.3. The molecular weight excluding hydrogens is 304 g/mol. The van der Waals surface area contributed by atoms with Gasteiger partial charge >= 0.3 is 18.3 Å². The van der Waals surface area contributed by atoms with Crippen molar-refractivity contribution in [3.63, 3.8) is 0 Å². The minimum Gasteiger partial charge on any atom is -0.469 e. The Morgan fingerprint density at radius 3 is 2.19 bits per heavy atom. The molecule has 1 atom stereocenters. The van der Waals surface area contributed by atoms with Gasteiger partial charge in [0.1, 0.15) is 0 Å². The van der Waals surface area contributed by atoms with Gasteiger partial charge in [-0.1, -0.05) is 0 Å². The molecule has 0 unspecified atom stereocenters. The molecule has 0 spiro atoms. The van der Waals surface area contributed by atoms with Crippen LogP contribution in [0, 0.1) is 0 Å². The second-order valence-electron chi connectivity index (χ2n) is 4.18. The molecule has 0 aliphatic rings. The van der Waals surface area contributed by atoms with E-state index < -0.39 is 47.5 Å². The summed E-state index contributed by atoms with van der Waals surface area (Å²) in [6.45, 7) is 0. The fraction of sp³-hybridized carbons (Fsp3) is 0.417. The van der Waals surface area contributed by atoms with Crippen molar-refractivity contribution >= 4 is 5.97 Å². The average Bonchev–Trinajstić information content (AvgIpc) is 2.35. The van der Waals surface area contributed by atoms with Gasteiger partial charge in [-0.2, -0.15) is 26.3 Å². The highest BCUT2D eigenvalue weighted by Crippen LogP contribution is 2.38. The monoisotopic (exact) mass is 315 g/mol. The van der Waals surface area contributed by atoms with Crippen molar-refractivity contribution < 1.29 is 35.9 Å². The summed E-state index contributed by atoms with van der Waals surface area (Å²) in [7, 11) is 0.992. The molecule has 0 bridgehead atoms. The first-order chi connectivity index (χ1) is 9.46. The lowest BCUT2D eigenvalue weighted by Gasteiger charge is -2.19. The Bertz CT molecular complexity index is 523. The normalized spacial score (nSPS) is 13.9. The Kier molecular flexibility index (Phi) is 4.87. The average molecular weight is 315 g/mol. The molecule has 2 N–H and O–H groups in total. The second kappa shape index (κ2) is 5.92. The van der Waals surface area contributed by atoms with Crippen LogP contribution in [0.25, 0.3) is 0 Å². The topological polar surface area (TPSA) is 52.3 Å². The zero-order valence-electron chi connectivity index (χ0n) is 10.7. The number of carbonyl (C=O) groups excluding carboxylic acids is 1. The molecule has 1 aromatic rings. The highest BCUT2D eigenvalue weighted by Gasteiger charge is 2.38. The molecule has 21 heavy (non-hydrogen) atoms. The van der Waals surface area contributed by atoms with Crippen molar-refractivity contribution in [2.75, 3.05) is 7.11 Å². The van der Waals surface area contributed by atoms with Gasteiger partial charge in [-0.05, 0) is 23.8 Å². The molecule has 0 radical (unpaired) electrons. The van der Waals surface area contributed by atoms with Crippen molar-refractivity contribution in [3.8, 4) is 0 Å². The molecule has 0 fully saturated rings. The van der Waals surface area contributed by atoms with E-state index in [2.05, 4.69) is 4.74 Å². The van der Waals surface area contributed by atoms with Gasteiger partial charge in [-0.25, -0.2) is 0 Å². The van der Waals surface area contributed by atoms with Gasteiger partial charge in [0.2, 0.25) is 0 Å². The molecule has 0 aliphatic heterocycles. The van der Waals surface area contributed by atoms with Gasteiger partial charge in [0.05, 0.1) is 24.7 Å². The molecular formula is C12H11F6NO2. The SMILES string of the molecule is COC(=O)C[C@@H](N)c1cc(C(F)(F)F)ccc1C(F)(F)F. The summed E-state index contributed by atoms with van der Waals surface area (Å²) >= 11 is 0. The van der Waals surface area contributed by atoms with Crippen molar-refractivity contribution in [2.45, 2.75) is 24.8 Å². The van der Waals surface area contributed by atoms with Crippen LogP contribution in [0.4, 0.5) is 26.3 Å². The van der Waals surface area contributed by atoms with E-state index >= 15 is 0 Å². The number of rotatable bonds is 3. The van der Waals surface area contributed by atoms with E-state index in [0.717, 1.165) is 7.11 Å². The highest BCUT2D eigenvalue weighted by molar-refractivity contribution is 5.70. The molecule has 3 nitrogen and oxygen atoms in total. The molecule has 118 valence electrons. The number of hydrogen-bond donors (Lipinski definition) is 1. The first-order valence-corrected chi connectivity index (χ1v) is 5.57. The van der Waals surface area contributed by atoms with E-state index in [-0.39, 0.29) is 0 Å². The Hall–Kier alpha value is -1.77. The van der Waals surface area contributed by atoms with E-state index in [1.807, 2.05) is 0 Å². The zero-order chi connectivity index (χ0) is 16.4. The first-order valence-electron chi connectivity index (χ1n) is 5.57. The van der Waals surface area contributed by atoms with E-state index in [4.69, 9.17) is 5.73 Å². The van der Waals surface area contributed by atoms with Gasteiger partial charge in [0, 0.05) is 6.04 Å². The Morgan fingerprint density at radius 1 is 1.19 bits per heavy atom. The lowest BCUT2D eigenvalue weighted by Crippen LogP contribution is -2.22. The Balaban J connectivity index is 3.32. The number of hydrogen-bond acceptors (Lipinski definition) is 3. The van der Waals surface area contributed by atoms with Crippen LogP contribution in [-0.2, 0) is 21.9 Å². The van der Waals surface area contributed by atoms with Crippen LogP contribution in [0.2, 0.25) is 0 Å². The standard InChI is InChI=1S/C12H11F6NO2/c1-21-10(20)5-9(19)7-4-6(11(13,14)15)2-3-8(7)12(16,17)18/h2-4,9H,5,19H2,1H3/t9-/m1/s1. The van der Waals surface area contributed by atoms with Gasteiger partial charge in [0.25, 0.3) is 0 Å². The lowest BCUT2D eigenvalue weighted by molar-refractivity contribution is -0.143. The van der Waals surface area contributed by atoms with Crippen LogP contribution in [-0.4, -0.2) is 13.1 Å². The third kappa shape index (κ3) is 4.35. The fourth-order valence-corrected chi connectivity index (χ4v) is 1.68. The van der Waals surface area contributed by atoms with E-state index in [1.165, 1.54) is 0 Å². The van der Waals surface area contributed by atoms with Gasteiger partial charge in [0.15, 0.2) is 0 Å². The summed E-state index contributed by atoms with van der Waals surface area (Å²) in [6.07, 6.45) is -10.4. The number of ether oxygens (including phenoxy) is 1. The van der Waals surface area contributed by atoms with Crippen LogP contribution in [0.3, 0.4) is 0 Å². The molecule has 0 heterocycles. The van der Waals surface area contributed by atoms with Gasteiger partial charge in [-0.3, -0.25) is 4.79 Å². The van der Waals surface area contributed by atoms with Crippen LogP contribution in [0.15, 0.2) is 18.2 Å². The number of nitrogens with two attached hydrogens (primary N) is 1. The second-order valence-corrected chi connectivity index (χ2v) is 4.18. The Labute approximate surface area is 115 Å². The van der Waals surface area contributed by atoms with Gasteiger partial charge < -0.3 is 10.5 Å². The molecule has 0 aromatic heterocycles. The summed E-state index contributed by atoms with van der Waals surface area (Å²) in [5.41, 5.74) is 2.02. The maximum Gasteiger partial charge on any atom is 0.416 e. The number of esters is 1. The van der Waals surface area contributed by atoms with E-state index in [9.17, 15) is 31.1 Å². The predicted octanol–water partition coefficient (Wildman–Crippen LogP) is 3.29. The van der Waals surface area contributed by atoms with Gasteiger partial charge in [-0.15, -0.1) is 0 Å². The van der Waals surface area contributed by atoms with Crippen molar-refractivity contribution in [1.82, 2.24) is 0 Å². The minimum absolute atomic E-state index is 0.301. The minimum atomic E-state index is -4.88. The van der Waals surface area contributed by atoms with Crippen molar-refractivity contribution in [1.29, 1.82) is 0 Å². The van der Waals surface area contributed by atoms with E-state index in [0.29, 0.717) is 18.2 Å². The molecule has 9 heteroatoms. The van der Waals surface area contributed by atoms with Crippen molar-refractivity contribution in [2.24, 2.45) is 5.73 Å². The highest BCUT2D eigenvalue weighted by atomic mass is 19.4. The smallest absolute Gasteiger partial charge is 0.416 e. The molecule has 0 saturated heterocycles. The zero-order valence-corrected chi connectivity index (χ0v) is 10.7. The predicted molar refractivity (Wildman–Crippen MR) is 60.0 cm³/mol. The molecule has 1 rings (SSSR count). The largest absolute Gasteiger partial charge is 0.469 e. The number of benzene rings is 1. The number of alkyl halides is 6. The molecule has 0 amide bonds. The summed E-state index contributed by atoms with van der Waals surface area (Å²) in [6, 6.07) is -0.639. The Morgan fingerprint density at radius 2 is 1.76 bits per heavy atom. The van der Waals surface area contributed by atoms with Crippen LogP contribution >= 0.6 is 0 Å². The fourth-order valence-electron chi connectivity index (χ4n) is 1.68. The third-order valence-corrected chi connectivity index (χ3v) is 2.70. The number of carbonyl (C=O) groups is 1. The van der Waals surface area contributed by atoms with E-state index in [1.54, 1.807) is 0 Å². The third-order valence-electron chi connectivity index (χ3n) is 2.70. The summed E-state index contributed by atoms with van der Waals surface area (Å²) in [5, 5.41) is 0. The molecule has 1 aromatic carbocycles. The summed E-state index contributed by atoms with van der Waals surface area (Å²) in [5.74, 6) is -0.923. The maximum absolute atomic E-state index is 12.8. The quantitative estimate of drug-likeness (QED) is 0.688. The molecule has 0 aliphatic carbocycles. The van der Waals surface area contributed by atoms with Crippen molar-refractivity contribution in [3.05, 3.63) is 34.9 Å². The number of methoxy groups -OCH3 is 1. The van der Waals surface area contributed by atoms with Crippen LogP contribution in [0.1, 0.15) is 29.2 Å². The summed E-state index contributed by atoms with van der Waals surface area (Å²) in [4.78, 5) is 11.0. The number of halogens is 6.